The number of rotatable bonds is 2. The molecule has 0 saturated heterocycles. The van der Waals surface area contributed by atoms with Crippen molar-refractivity contribution in [3.8, 4) is 16.9 Å². The molecule has 3 N–H and O–H groups in total. The Morgan fingerprint density at radius 1 is 1.18 bits per heavy atom. The van der Waals surface area contributed by atoms with E-state index in [0.29, 0.717) is 0 Å². The van der Waals surface area contributed by atoms with Crippen molar-refractivity contribution >= 4 is 15.9 Å². The molecule has 1 unspecified atom stereocenters. The molecule has 1 atom stereocenters. The smallest absolute Gasteiger partial charge is 0.120 e. The molecule has 0 radical (unpaired) electrons. The van der Waals surface area contributed by atoms with Gasteiger partial charge in [-0.3, -0.25) is 0 Å². The Morgan fingerprint density at radius 3 is 2.53 bits per heavy atom. The Morgan fingerprint density at radius 2 is 1.88 bits per heavy atom. The van der Waals surface area contributed by atoms with Gasteiger partial charge in [-0.2, -0.15) is 0 Å². The molecule has 2 nitrogen and oxygen atoms in total. The molecule has 3 heteroatoms. The summed E-state index contributed by atoms with van der Waals surface area (Å²) in [6.45, 7) is 1.86. The second-order valence-corrected chi connectivity index (χ2v) is 4.90. The first-order valence-corrected chi connectivity index (χ1v) is 6.22. The number of phenols is 1. The third-order valence-electron chi connectivity index (χ3n) is 2.70. The van der Waals surface area contributed by atoms with E-state index in [-0.39, 0.29) is 11.8 Å². The van der Waals surface area contributed by atoms with Crippen LogP contribution in [0.25, 0.3) is 11.1 Å². The first kappa shape index (κ1) is 12.1. The van der Waals surface area contributed by atoms with Crippen molar-refractivity contribution in [2.45, 2.75) is 13.0 Å². The van der Waals surface area contributed by atoms with E-state index in [9.17, 15) is 5.11 Å². The minimum Gasteiger partial charge on any atom is -0.508 e. The standard InChI is InChI=1S/C14H14BrNO/c1-9(16)12-8-10(6-7-14(12)17)11-4-2-3-5-13(11)15/h2-9,17H,16H2,1H3. The van der Waals surface area contributed by atoms with Crippen molar-refractivity contribution in [2.75, 3.05) is 0 Å². The van der Waals surface area contributed by atoms with Crippen molar-refractivity contribution in [1.82, 2.24) is 0 Å². The van der Waals surface area contributed by atoms with Gasteiger partial charge in [-0.05, 0) is 36.2 Å². The maximum Gasteiger partial charge on any atom is 0.120 e. The monoisotopic (exact) mass is 291 g/mol. The SMILES string of the molecule is CC(N)c1cc(-c2ccccc2Br)ccc1O. The minimum absolute atomic E-state index is 0.183. The van der Waals surface area contributed by atoms with E-state index < -0.39 is 0 Å². The molecule has 0 aliphatic rings. The molecule has 2 rings (SSSR count). The van der Waals surface area contributed by atoms with Crippen LogP contribution in [0.4, 0.5) is 0 Å². The second kappa shape index (κ2) is 4.90. The lowest BCUT2D eigenvalue weighted by Gasteiger charge is -2.11. The fourth-order valence-corrected chi connectivity index (χ4v) is 2.30. The third-order valence-corrected chi connectivity index (χ3v) is 3.39. The summed E-state index contributed by atoms with van der Waals surface area (Å²) < 4.78 is 1.03. The van der Waals surface area contributed by atoms with Crippen LogP contribution >= 0.6 is 15.9 Å². The van der Waals surface area contributed by atoms with Gasteiger partial charge in [-0.1, -0.05) is 40.2 Å². The highest BCUT2D eigenvalue weighted by Gasteiger charge is 2.09. The largest absolute Gasteiger partial charge is 0.508 e. The molecule has 0 amide bonds. The van der Waals surface area contributed by atoms with E-state index in [1.165, 1.54) is 0 Å². The Hall–Kier alpha value is -1.32. The van der Waals surface area contributed by atoms with E-state index in [1.807, 2.05) is 43.3 Å². The summed E-state index contributed by atoms with van der Waals surface area (Å²) in [5, 5.41) is 9.73. The van der Waals surface area contributed by atoms with Crippen LogP contribution in [0, 0.1) is 0 Å². The zero-order chi connectivity index (χ0) is 12.4. The van der Waals surface area contributed by atoms with E-state index in [0.717, 1.165) is 21.2 Å². The van der Waals surface area contributed by atoms with Gasteiger partial charge in [-0.15, -0.1) is 0 Å². The van der Waals surface area contributed by atoms with Gasteiger partial charge >= 0.3 is 0 Å². The molecule has 0 spiro atoms. The van der Waals surface area contributed by atoms with Crippen LogP contribution in [-0.2, 0) is 0 Å². The number of hydrogen-bond donors (Lipinski definition) is 2. The Kier molecular flexibility index (Phi) is 3.50. The number of nitrogens with two attached hydrogens (primary N) is 1. The normalized spacial score (nSPS) is 12.4. The van der Waals surface area contributed by atoms with Crippen molar-refractivity contribution in [3.63, 3.8) is 0 Å². The molecular formula is C14H14BrNO. The average molecular weight is 292 g/mol. The summed E-state index contributed by atoms with van der Waals surface area (Å²) in [4.78, 5) is 0. The number of aromatic hydroxyl groups is 1. The Bertz CT molecular complexity index is 537. The van der Waals surface area contributed by atoms with Crippen molar-refractivity contribution < 1.29 is 5.11 Å². The fraction of sp³-hybridized carbons (Fsp3) is 0.143. The molecule has 2 aromatic carbocycles. The lowest BCUT2D eigenvalue weighted by molar-refractivity contribution is 0.464. The first-order chi connectivity index (χ1) is 8.09. The lowest BCUT2D eigenvalue weighted by atomic mass is 9.99. The van der Waals surface area contributed by atoms with Crippen LogP contribution in [0.2, 0.25) is 0 Å². The van der Waals surface area contributed by atoms with E-state index in [4.69, 9.17) is 5.73 Å². The molecule has 0 saturated carbocycles. The Labute approximate surface area is 109 Å². The van der Waals surface area contributed by atoms with Gasteiger partial charge in [0.1, 0.15) is 5.75 Å². The van der Waals surface area contributed by atoms with Crippen molar-refractivity contribution in [3.05, 3.63) is 52.5 Å². The topological polar surface area (TPSA) is 46.2 Å². The third kappa shape index (κ3) is 2.51. The van der Waals surface area contributed by atoms with E-state index in [2.05, 4.69) is 15.9 Å². The van der Waals surface area contributed by atoms with Crippen LogP contribution in [0.15, 0.2) is 46.9 Å². The van der Waals surface area contributed by atoms with Crippen LogP contribution in [0.3, 0.4) is 0 Å². The van der Waals surface area contributed by atoms with Gasteiger partial charge in [0.05, 0.1) is 0 Å². The number of halogens is 1. The average Bonchev–Trinajstić information content (AvgIpc) is 2.30. The van der Waals surface area contributed by atoms with Crippen LogP contribution in [0.5, 0.6) is 5.75 Å². The first-order valence-electron chi connectivity index (χ1n) is 5.43. The van der Waals surface area contributed by atoms with Gasteiger partial charge in [0, 0.05) is 16.1 Å². The van der Waals surface area contributed by atoms with E-state index >= 15 is 0 Å². The molecule has 0 fully saturated rings. The summed E-state index contributed by atoms with van der Waals surface area (Å²) >= 11 is 3.52. The van der Waals surface area contributed by atoms with Crippen LogP contribution < -0.4 is 5.73 Å². The summed E-state index contributed by atoms with van der Waals surface area (Å²) in [5.41, 5.74) is 8.73. The quantitative estimate of drug-likeness (QED) is 0.883. The van der Waals surface area contributed by atoms with Crippen molar-refractivity contribution in [2.24, 2.45) is 5.73 Å². The summed E-state index contributed by atoms with van der Waals surface area (Å²) in [7, 11) is 0. The van der Waals surface area contributed by atoms with Crippen molar-refractivity contribution in [1.29, 1.82) is 0 Å². The van der Waals surface area contributed by atoms with Gasteiger partial charge < -0.3 is 10.8 Å². The number of hydrogen-bond acceptors (Lipinski definition) is 2. The predicted molar refractivity (Wildman–Crippen MR) is 73.8 cm³/mol. The molecule has 0 bridgehead atoms. The molecule has 0 heterocycles. The van der Waals surface area contributed by atoms with Gasteiger partial charge in [0.15, 0.2) is 0 Å². The predicted octanol–water partition coefficient (Wildman–Crippen LogP) is 3.84. The zero-order valence-corrected chi connectivity index (χ0v) is 11.1. The summed E-state index contributed by atoms with van der Waals surface area (Å²) in [6, 6.07) is 13.3. The molecular weight excluding hydrogens is 278 g/mol. The molecule has 88 valence electrons. The molecule has 17 heavy (non-hydrogen) atoms. The van der Waals surface area contributed by atoms with Gasteiger partial charge in [0.25, 0.3) is 0 Å². The van der Waals surface area contributed by atoms with Gasteiger partial charge in [0.2, 0.25) is 0 Å². The second-order valence-electron chi connectivity index (χ2n) is 4.04. The highest BCUT2D eigenvalue weighted by Crippen LogP contribution is 2.32. The summed E-state index contributed by atoms with van der Waals surface area (Å²) in [6.07, 6.45) is 0. The van der Waals surface area contributed by atoms with Crippen LogP contribution in [0.1, 0.15) is 18.5 Å². The molecule has 0 aromatic heterocycles. The van der Waals surface area contributed by atoms with Gasteiger partial charge in [-0.25, -0.2) is 0 Å². The van der Waals surface area contributed by atoms with E-state index in [1.54, 1.807) is 6.07 Å². The minimum atomic E-state index is -0.183. The molecule has 0 aliphatic heterocycles. The Balaban J connectivity index is 2.54. The molecule has 0 aliphatic carbocycles. The highest BCUT2D eigenvalue weighted by atomic mass is 79.9. The number of phenolic OH excluding ortho intramolecular Hbond substituents is 1. The lowest BCUT2D eigenvalue weighted by Crippen LogP contribution is -2.05. The highest BCUT2D eigenvalue weighted by molar-refractivity contribution is 9.10. The number of benzene rings is 2. The maximum absolute atomic E-state index is 9.73. The zero-order valence-electron chi connectivity index (χ0n) is 9.52. The summed E-state index contributed by atoms with van der Waals surface area (Å²) in [5.74, 6) is 0.246. The molecule has 2 aromatic rings. The fourth-order valence-electron chi connectivity index (χ4n) is 1.78. The maximum atomic E-state index is 9.73. The van der Waals surface area contributed by atoms with Crippen LogP contribution in [-0.4, -0.2) is 5.11 Å².